The van der Waals surface area contributed by atoms with E-state index in [1.807, 2.05) is 57.2 Å². The van der Waals surface area contributed by atoms with Crippen LogP contribution in [0.25, 0.3) is 0 Å². The number of carbonyl (C=O) groups is 1. The number of alkyl halides is 2. The standard InChI is InChI=1S/C32H38F2N4O4/c1-30(2,3)35-29(39)42-27-16-26(17-27)40-24-11-6-21(7-12-24)31(4,5)22-8-13-25(14-9-22)41-28-15-10-23(36-37-28)18-38-19-32(33,34)20-38/h6-15,26-27H,16-20H2,1-5H3,(H,35,39). The molecule has 2 aromatic carbocycles. The fourth-order valence-electron chi connectivity index (χ4n) is 5.00. The van der Waals surface area contributed by atoms with E-state index in [-0.39, 0.29) is 36.3 Å². The topological polar surface area (TPSA) is 85.8 Å². The van der Waals surface area contributed by atoms with Crippen molar-refractivity contribution in [3.05, 3.63) is 77.5 Å². The zero-order valence-corrected chi connectivity index (χ0v) is 24.7. The van der Waals surface area contributed by atoms with E-state index in [4.69, 9.17) is 14.2 Å². The third-order valence-electron chi connectivity index (χ3n) is 7.47. The van der Waals surface area contributed by atoms with Crippen LogP contribution in [0.4, 0.5) is 13.6 Å². The van der Waals surface area contributed by atoms with Gasteiger partial charge in [0, 0.05) is 36.4 Å². The average molecular weight is 581 g/mol. The van der Waals surface area contributed by atoms with Gasteiger partial charge in [-0.25, -0.2) is 13.6 Å². The van der Waals surface area contributed by atoms with E-state index < -0.39 is 12.0 Å². The lowest BCUT2D eigenvalue weighted by Gasteiger charge is -2.38. The molecule has 2 aliphatic rings. The molecule has 1 aromatic heterocycles. The van der Waals surface area contributed by atoms with Gasteiger partial charge in [0.1, 0.15) is 23.7 Å². The molecule has 8 nitrogen and oxygen atoms in total. The van der Waals surface area contributed by atoms with Crippen LogP contribution < -0.4 is 14.8 Å². The van der Waals surface area contributed by atoms with Crippen molar-refractivity contribution in [3.8, 4) is 17.4 Å². The minimum Gasteiger partial charge on any atom is -0.490 e. The van der Waals surface area contributed by atoms with E-state index in [1.165, 1.54) is 0 Å². The predicted octanol–water partition coefficient (Wildman–Crippen LogP) is 6.48. The van der Waals surface area contributed by atoms with Crippen molar-refractivity contribution in [2.75, 3.05) is 13.1 Å². The first kappa shape index (κ1) is 29.7. The van der Waals surface area contributed by atoms with E-state index >= 15 is 0 Å². The van der Waals surface area contributed by atoms with Crippen molar-refractivity contribution in [3.63, 3.8) is 0 Å². The minimum absolute atomic E-state index is 0.0262. The summed E-state index contributed by atoms with van der Waals surface area (Å²) in [5, 5.41) is 11.0. The highest BCUT2D eigenvalue weighted by Crippen LogP contribution is 2.35. The molecule has 10 heteroatoms. The lowest BCUT2D eigenvalue weighted by molar-refractivity contribution is -0.134. The second-order valence-electron chi connectivity index (χ2n) is 12.8. The fourth-order valence-corrected chi connectivity index (χ4v) is 5.00. The Morgan fingerprint density at radius 2 is 1.48 bits per heavy atom. The molecule has 1 aliphatic heterocycles. The molecule has 224 valence electrons. The van der Waals surface area contributed by atoms with Gasteiger partial charge in [0.25, 0.3) is 5.92 Å². The lowest BCUT2D eigenvalue weighted by Crippen LogP contribution is -2.55. The first-order valence-electron chi connectivity index (χ1n) is 14.2. The van der Waals surface area contributed by atoms with Crippen molar-refractivity contribution in [2.24, 2.45) is 0 Å². The molecule has 0 unspecified atom stereocenters. The highest BCUT2D eigenvalue weighted by molar-refractivity contribution is 5.68. The van der Waals surface area contributed by atoms with Gasteiger partial charge >= 0.3 is 6.09 Å². The number of carbonyl (C=O) groups excluding carboxylic acids is 1. The van der Waals surface area contributed by atoms with Crippen molar-refractivity contribution >= 4 is 6.09 Å². The van der Waals surface area contributed by atoms with Crippen LogP contribution in [-0.4, -0.2) is 57.9 Å². The maximum absolute atomic E-state index is 13.0. The van der Waals surface area contributed by atoms with Gasteiger partial charge in [0.15, 0.2) is 0 Å². The zero-order valence-electron chi connectivity index (χ0n) is 24.7. The number of aromatic nitrogens is 2. The summed E-state index contributed by atoms with van der Waals surface area (Å²) in [6.07, 6.45) is 0.862. The van der Waals surface area contributed by atoms with Gasteiger partial charge < -0.3 is 19.5 Å². The van der Waals surface area contributed by atoms with Crippen LogP contribution in [0.5, 0.6) is 17.4 Å². The van der Waals surface area contributed by atoms with Crippen molar-refractivity contribution in [2.45, 2.75) is 83.1 Å². The SMILES string of the molecule is CC(C)(C)NC(=O)OC1CC(Oc2ccc(C(C)(C)c3ccc(Oc4ccc(CN5CC(F)(F)C5)nn4)cc3)cc2)C1. The molecule has 1 saturated carbocycles. The summed E-state index contributed by atoms with van der Waals surface area (Å²) in [6, 6.07) is 19.4. The quantitative estimate of drug-likeness (QED) is 0.310. The maximum atomic E-state index is 13.0. The molecule has 0 spiro atoms. The van der Waals surface area contributed by atoms with E-state index in [0.717, 1.165) is 16.9 Å². The van der Waals surface area contributed by atoms with Gasteiger partial charge in [0.2, 0.25) is 5.88 Å². The number of hydrogen-bond donors (Lipinski definition) is 1. The molecule has 2 fully saturated rings. The minimum atomic E-state index is -2.60. The Kier molecular flexibility index (Phi) is 8.11. The molecule has 0 bridgehead atoms. The van der Waals surface area contributed by atoms with Gasteiger partial charge in [-0.2, -0.15) is 5.10 Å². The van der Waals surface area contributed by atoms with E-state index in [1.54, 1.807) is 17.0 Å². The molecule has 0 atom stereocenters. The van der Waals surface area contributed by atoms with Crippen LogP contribution in [0.2, 0.25) is 0 Å². The number of rotatable bonds is 9. The molecule has 3 aromatic rings. The number of halogens is 2. The van der Waals surface area contributed by atoms with Gasteiger partial charge in [-0.1, -0.05) is 38.1 Å². The van der Waals surface area contributed by atoms with Crippen LogP contribution in [0.1, 0.15) is 64.3 Å². The fraction of sp³-hybridized carbons (Fsp3) is 0.469. The largest absolute Gasteiger partial charge is 0.490 e. The highest BCUT2D eigenvalue weighted by atomic mass is 19.3. The summed E-state index contributed by atoms with van der Waals surface area (Å²) < 4.78 is 43.4. The summed E-state index contributed by atoms with van der Waals surface area (Å²) in [4.78, 5) is 13.6. The van der Waals surface area contributed by atoms with Crippen LogP contribution in [0, 0.1) is 0 Å². The first-order chi connectivity index (χ1) is 19.7. The second-order valence-corrected chi connectivity index (χ2v) is 12.8. The van der Waals surface area contributed by atoms with Crippen molar-refractivity contribution in [1.29, 1.82) is 0 Å². The molecular formula is C32H38F2N4O4. The second kappa shape index (κ2) is 11.5. The maximum Gasteiger partial charge on any atom is 0.407 e. The normalized spacial score (nSPS) is 20.2. The summed E-state index contributed by atoms with van der Waals surface area (Å²) in [7, 11) is 0. The summed E-state index contributed by atoms with van der Waals surface area (Å²) >= 11 is 0. The molecule has 5 rings (SSSR count). The van der Waals surface area contributed by atoms with Gasteiger partial charge in [-0.05, 0) is 62.2 Å². The molecule has 2 heterocycles. The Morgan fingerprint density at radius 3 is 2.00 bits per heavy atom. The molecule has 0 radical (unpaired) electrons. The Balaban J connectivity index is 1.10. The Labute approximate surface area is 245 Å². The van der Waals surface area contributed by atoms with Gasteiger partial charge in [-0.3, -0.25) is 4.90 Å². The van der Waals surface area contributed by atoms with Crippen LogP contribution >= 0.6 is 0 Å². The Morgan fingerprint density at radius 1 is 0.881 bits per heavy atom. The Bertz CT molecular complexity index is 1360. The number of alkyl carbamates (subject to hydrolysis) is 1. The number of ether oxygens (including phenoxy) is 3. The number of nitrogens with zero attached hydrogens (tertiary/aromatic N) is 3. The van der Waals surface area contributed by atoms with Crippen molar-refractivity contribution < 1.29 is 27.8 Å². The lowest BCUT2D eigenvalue weighted by atomic mass is 9.78. The summed E-state index contributed by atoms with van der Waals surface area (Å²) in [5.74, 6) is -0.843. The number of amides is 1. The average Bonchev–Trinajstić information content (AvgIpc) is 2.87. The number of benzene rings is 2. The van der Waals surface area contributed by atoms with Crippen LogP contribution in [0.3, 0.4) is 0 Å². The smallest absolute Gasteiger partial charge is 0.407 e. The molecule has 1 N–H and O–H groups in total. The predicted molar refractivity (Wildman–Crippen MR) is 154 cm³/mol. The zero-order chi connectivity index (χ0) is 30.1. The third kappa shape index (κ3) is 7.53. The van der Waals surface area contributed by atoms with Gasteiger partial charge in [-0.15, -0.1) is 5.10 Å². The van der Waals surface area contributed by atoms with E-state index in [2.05, 4.69) is 41.5 Å². The molecule has 42 heavy (non-hydrogen) atoms. The number of hydrogen-bond acceptors (Lipinski definition) is 7. The van der Waals surface area contributed by atoms with E-state index in [0.29, 0.717) is 36.7 Å². The first-order valence-corrected chi connectivity index (χ1v) is 14.2. The number of nitrogens with one attached hydrogen (secondary N) is 1. The molecule has 1 amide bonds. The summed E-state index contributed by atoms with van der Waals surface area (Å²) in [6.45, 7) is 9.92. The number of likely N-dealkylation sites (tertiary alicyclic amines) is 1. The monoisotopic (exact) mass is 580 g/mol. The van der Waals surface area contributed by atoms with Gasteiger partial charge in [0.05, 0.1) is 18.8 Å². The third-order valence-corrected chi connectivity index (χ3v) is 7.47. The highest BCUT2D eigenvalue weighted by Gasteiger charge is 2.43. The summed E-state index contributed by atoms with van der Waals surface area (Å²) in [5.41, 5.74) is 2.29. The van der Waals surface area contributed by atoms with Crippen LogP contribution in [0.15, 0.2) is 60.7 Å². The Hall–Kier alpha value is -3.79. The van der Waals surface area contributed by atoms with Crippen LogP contribution in [-0.2, 0) is 16.7 Å². The van der Waals surface area contributed by atoms with E-state index in [9.17, 15) is 13.6 Å². The molecule has 1 saturated heterocycles. The molecular weight excluding hydrogens is 542 g/mol. The molecule has 1 aliphatic carbocycles. The van der Waals surface area contributed by atoms with Crippen molar-refractivity contribution in [1.82, 2.24) is 20.4 Å².